The lowest BCUT2D eigenvalue weighted by Gasteiger charge is -2.51. The Morgan fingerprint density at radius 1 is 1.22 bits per heavy atom. The first-order valence-corrected chi connectivity index (χ1v) is 14.1. The van der Waals surface area contributed by atoms with Crippen molar-refractivity contribution in [1.29, 1.82) is 0 Å². The van der Waals surface area contributed by atoms with Gasteiger partial charge in [0.1, 0.15) is 28.6 Å². The van der Waals surface area contributed by atoms with Crippen LogP contribution in [0, 0.1) is 5.82 Å². The molecule has 2 amide bonds. The summed E-state index contributed by atoms with van der Waals surface area (Å²) in [6.07, 6.45) is -4.05. The molecule has 2 aliphatic rings. The van der Waals surface area contributed by atoms with Crippen molar-refractivity contribution in [2.24, 2.45) is 4.99 Å². The zero-order valence-corrected chi connectivity index (χ0v) is 22.9. The second kappa shape index (κ2) is 10.6. The number of pyridine rings is 1. The molecule has 1 saturated heterocycles. The molecule has 1 aromatic carbocycles. The van der Waals surface area contributed by atoms with Gasteiger partial charge in [-0.1, -0.05) is 0 Å². The van der Waals surface area contributed by atoms with Gasteiger partial charge in [0.2, 0.25) is 0 Å². The first-order valence-electron chi connectivity index (χ1n) is 12.3. The molecule has 41 heavy (non-hydrogen) atoms. The van der Waals surface area contributed by atoms with E-state index in [1.807, 2.05) is 0 Å². The van der Waals surface area contributed by atoms with Crippen LogP contribution in [0.1, 0.15) is 43.2 Å². The molecule has 16 heteroatoms. The quantitative estimate of drug-likeness (QED) is 0.241. The van der Waals surface area contributed by atoms with E-state index in [0.29, 0.717) is 13.0 Å². The van der Waals surface area contributed by atoms with Crippen LogP contribution in [0.2, 0.25) is 0 Å². The molecular weight excluding hydrogens is 577 g/mol. The van der Waals surface area contributed by atoms with Crippen LogP contribution in [0.25, 0.3) is 0 Å². The van der Waals surface area contributed by atoms with E-state index < -0.39 is 62.4 Å². The lowest BCUT2D eigenvalue weighted by atomic mass is 9.85. The zero-order chi connectivity index (χ0) is 30.4. The molecule has 10 nitrogen and oxygen atoms in total. The highest BCUT2D eigenvalue weighted by Crippen LogP contribution is 2.49. The first-order chi connectivity index (χ1) is 19.0. The van der Waals surface area contributed by atoms with Crippen molar-refractivity contribution >= 4 is 33.6 Å². The molecule has 4 N–H and O–H groups in total. The summed E-state index contributed by atoms with van der Waals surface area (Å²) >= 11 is 0. The number of amides is 2. The van der Waals surface area contributed by atoms with Gasteiger partial charge in [0, 0.05) is 17.8 Å². The number of nitrogens with one attached hydrogen (secondary N) is 3. The number of hydrogen-bond donors (Lipinski definition) is 5. The van der Waals surface area contributed by atoms with Gasteiger partial charge in [0.15, 0.2) is 6.61 Å². The Morgan fingerprint density at radius 2 is 1.93 bits per heavy atom. The van der Waals surface area contributed by atoms with Gasteiger partial charge in [0.05, 0.1) is 16.2 Å². The molecule has 224 valence electrons. The number of ether oxygens (including phenoxy) is 1. The third-order valence-electron chi connectivity index (χ3n) is 7.32. The normalized spacial score (nSPS) is 23.7. The number of fused-ring (bicyclic) bond motifs is 1. The van der Waals surface area contributed by atoms with Gasteiger partial charge in [-0.15, -0.1) is 0 Å². The van der Waals surface area contributed by atoms with Crippen LogP contribution in [0.5, 0.6) is 5.75 Å². The lowest BCUT2D eigenvalue weighted by Crippen LogP contribution is -2.65. The Bertz CT molecular complexity index is 1440. The minimum absolute atomic E-state index is 0.0268. The predicted molar refractivity (Wildman–Crippen MR) is 141 cm³/mol. The Kier molecular flexibility index (Phi) is 7.86. The number of rotatable bonds is 7. The van der Waals surface area contributed by atoms with E-state index in [1.54, 1.807) is 20.8 Å². The standard InChI is InChI=1S/C25H28F5N5O5S/c1-23(2)21(34-22(37)38)35-24(3,18-8-9-32-41(18,23)39)15-10-13(4-6-16(15)26)33-19(36)17-7-5-14(11-31-17)40-12-25(29,30)20(27)28/h4-7,10-11,18,20,41H,8-9,12H2,1-3H3,(H,32,39)(H,33,36)(H,34,35)(H,37,38)/t18-,24+/m0/s1. The molecule has 4 rings (SSSR count). The highest BCUT2D eigenvalue weighted by atomic mass is 32.3. The molecule has 0 bridgehead atoms. The molecular formula is C25H28F5N5O5S. The average Bonchev–Trinajstić information content (AvgIpc) is 3.32. The van der Waals surface area contributed by atoms with Crippen LogP contribution in [0.15, 0.2) is 41.5 Å². The average molecular weight is 606 g/mol. The summed E-state index contributed by atoms with van der Waals surface area (Å²) in [6, 6.07) is 5.87. The van der Waals surface area contributed by atoms with Gasteiger partial charge in [-0.25, -0.2) is 22.9 Å². The van der Waals surface area contributed by atoms with Gasteiger partial charge in [0.25, 0.3) is 5.91 Å². The first kappa shape index (κ1) is 30.3. The largest absolute Gasteiger partial charge is 0.485 e. The van der Waals surface area contributed by atoms with Crippen molar-refractivity contribution in [2.45, 2.75) is 55.1 Å². The zero-order valence-electron chi connectivity index (χ0n) is 22.1. The van der Waals surface area contributed by atoms with Gasteiger partial charge in [-0.3, -0.25) is 24.0 Å². The van der Waals surface area contributed by atoms with E-state index in [0.717, 1.165) is 24.4 Å². The second-order valence-electron chi connectivity index (χ2n) is 10.3. The molecule has 2 aromatic rings. The summed E-state index contributed by atoms with van der Waals surface area (Å²) in [7, 11) is -3.38. The number of carbonyl (C=O) groups is 2. The second-order valence-corrected chi connectivity index (χ2v) is 13.7. The molecule has 0 radical (unpaired) electrons. The maximum absolute atomic E-state index is 15.3. The molecule has 0 aliphatic carbocycles. The van der Waals surface area contributed by atoms with Gasteiger partial charge in [-0.2, -0.15) is 8.78 Å². The number of alkyl halides is 4. The Balaban J connectivity index is 1.61. The Morgan fingerprint density at radius 3 is 2.54 bits per heavy atom. The fraction of sp³-hybridized carbons (Fsp3) is 0.440. The third-order valence-corrected chi connectivity index (χ3v) is 11.5. The van der Waals surface area contributed by atoms with Crippen LogP contribution in [-0.2, 0) is 15.7 Å². The Labute approximate surface area is 232 Å². The number of nitrogens with zero attached hydrogens (tertiary/aromatic N) is 2. The van der Waals surface area contributed by atoms with Gasteiger partial charge < -0.3 is 15.2 Å². The number of hydrogen-bond acceptors (Lipinski definition) is 6. The van der Waals surface area contributed by atoms with E-state index in [2.05, 4.69) is 30.1 Å². The maximum atomic E-state index is 15.3. The molecule has 0 spiro atoms. The molecule has 0 unspecified atom stereocenters. The van der Waals surface area contributed by atoms with Crippen molar-refractivity contribution in [2.75, 3.05) is 18.5 Å². The van der Waals surface area contributed by atoms with Gasteiger partial charge in [-0.05, 0) is 67.6 Å². The van der Waals surface area contributed by atoms with Crippen LogP contribution in [0.4, 0.5) is 32.4 Å². The number of amidine groups is 1. The van der Waals surface area contributed by atoms with Crippen LogP contribution < -0.4 is 20.1 Å². The summed E-state index contributed by atoms with van der Waals surface area (Å²) < 4.78 is 86.8. The molecule has 2 aliphatic heterocycles. The Hall–Kier alpha value is -3.66. The summed E-state index contributed by atoms with van der Waals surface area (Å²) in [6.45, 7) is 3.53. The fourth-order valence-corrected chi connectivity index (χ4v) is 8.71. The molecule has 1 aromatic heterocycles. The lowest BCUT2D eigenvalue weighted by molar-refractivity contribution is -0.148. The van der Waals surface area contributed by atoms with Crippen molar-refractivity contribution in [3.05, 3.63) is 53.6 Å². The number of thiol groups is 1. The number of halogens is 5. The molecule has 1 fully saturated rings. The summed E-state index contributed by atoms with van der Waals surface area (Å²) in [5, 5.41) is 13.4. The third kappa shape index (κ3) is 5.49. The van der Waals surface area contributed by atoms with Crippen molar-refractivity contribution in [1.82, 2.24) is 15.0 Å². The number of benzene rings is 1. The minimum Gasteiger partial charge on any atom is -0.485 e. The number of anilines is 1. The highest BCUT2D eigenvalue weighted by Gasteiger charge is 2.59. The van der Waals surface area contributed by atoms with Crippen LogP contribution >= 0.6 is 0 Å². The van der Waals surface area contributed by atoms with Gasteiger partial charge >= 0.3 is 18.4 Å². The maximum Gasteiger partial charge on any atom is 0.410 e. The van der Waals surface area contributed by atoms with Crippen LogP contribution in [-0.4, -0.2) is 67.6 Å². The summed E-state index contributed by atoms with van der Waals surface area (Å²) in [4.78, 5) is 32.7. The van der Waals surface area contributed by atoms with E-state index >= 15 is 4.39 Å². The SMILES string of the molecule is CC1(C)C(NC(=O)O)=N[C@](C)(c2cc(NC(=O)c3ccc(OCC(F)(F)C(F)F)cn3)ccc2F)[C@@H]2CCN[SH]21=O. The molecule has 0 saturated carbocycles. The van der Waals surface area contributed by atoms with E-state index in [9.17, 15) is 36.5 Å². The topological polar surface area (TPSA) is 142 Å². The van der Waals surface area contributed by atoms with E-state index in [4.69, 9.17) is 0 Å². The van der Waals surface area contributed by atoms with E-state index in [1.165, 1.54) is 12.1 Å². The molecule has 2 atom stereocenters. The minimum atomic E-state index is -4.36. The van der Waals surface area contributed by atoms with Crippen molar-refractivity contribution in [3.8, 4) is 5.75 Å². The highest BCUT2D eigenvalue weighted by molar-refractivity contribution is 8.04. The fourth-order valence-electron chi connectivity index (χ4n) is 5.03. The predicted octanol–water partition coefficient (Wildman–Crippen LogP) is 3.72. The number of carboxylic acid groups (broad SMARTS) is 1. The number of carbonyl (C=O) groups excluding carboxylic acids is 1. The number of aliphatic imine (C=N–C) groups is 1. The smallest absolute Gasteiger partial charge is 0.410 e. The number of aromatic nitrogens is 1. The van der Waals surface area contributed by atoms with Crippen molar-refractivity contribution < 1.29 is 45.6 Å². The van der Waals surface area contributed by atoms with Crippen molar-refractivity contribution in [3.63, 3.8) is 0 Å². The summed E-state index contributed by atoms with van der Waals surface area (Å²) in [5.41, 5.74) is -1.58. The summed E-state index contributed by atoms with van der Waals surface area (Å²) in [5.74, 6) is -6.21. The van der Waals surface area contributed by atoms with Crippen LogP contribution in [0.3, 0.4) is 0 Å². The molecule has 3 heterocycles. The van der Waals surface area contributed by atoms with E-state index in [-0.39, 0.29) is 28.5 Å². The monoisotopic (exact) mass is 605 g/mol.